The van der Waals surface area contributed by atoms with Gasteiger partial charge in [-0.2, -0.15) is 0 Å². The molecule has 2 fully saturated rings. The van der Waals surface area contributed by atoms with E-state index in [0.717, 1.165) is 24.8 Å². The second kappa shape index (κ2) is 9.63. The fourth-order valence-corrected chi connectivity index (χ4v) is 4.56. The predicted octanol–water partition coefficient (Wildman–Crippen LogP) is 4.10. The van der Waals surface area contributed by atoms with Crippen LogP contribution in [0.2, 0.25) is 0 Å². The van der Waals surface area contributed by atoms with Gasteiger partial charge in [0.25, 0.3) is 5.91 Å². The van der Waals surface area contributed by atoms with Gasteiger partial charge in [0.2, 0.25) is 5.91 Å². The quantitative estimate of drug-likeness (QED) is 0.598. The highest BCUT2D eigenvalue weighted by Gasteiger charge is 2.52. The molecule has 1 aromatic carbocycles. The number of rotatable bonds is 9. The fraction of sp³-hybridized carbons (Fsp3) is 0.625. The van der Waals surface area contributed by atoms with E-state index < -0.39 is 5.54 Å². The smallest absolute Gasteiger partial charge is 0.325 e. The third kappa shape index (κ3) is 4.85. The summed E-state index contributed by atoms with van der Waals surface area (Å²) in [6.07, 6.45) is 6.84. The molecule has 1 aliphatic carbocycles. The van der Waals surface area contributed by atoms with Gasteiger partial charge in [0.15, 0.2) is 0 Å². The lowest BCUT2D eigenvalue weighted by Gasteiger charge is -2.24. The number of nitrogens with zero attached hydrogens (tertiary/aromatic N) is 1. The Bertz CT molecular complexity index is 766. The summed E-state index contributed by atoms with van der Waals surface area (Å²) in [7, 11) is 0. The van der Waals surface area contributed by atoms with Gasteiger partial charge in [-0.15, -0.1) is 0 Å². The topological polar surface area (TPSA) is 78.5 Å². The predicted molar refractivity (Wildman–Crippen MR) is 117 cm³/mol. The lowest BCUT2D eigenvalue weighted by Crippen LogP contribution is -2.44. The van der Waals surface area contributed by atoms with Crippen LogP contribution in [0, 0.1) is 5.92 Å². The molecule has 0 aromatic heterocycles. The Balaban J connectivity index is 1.57. The van der Waals surface area contributed by atoms with Crippen LogP contribution in [-0.2, 0) is 16.0 Å². The number of amides is 4. The van der Waals surface area contributed by atoms with E-state index in [0.29, 0.717) is 12.8 Å². The zero-order chi connectivity index (χ0) is 21.7. The molecule has 6 nitrogen and oxygen atoms in total. The van der Waals surface area contributed by atoms with Crippen molar-refractivity contribution in [2.24, 2.45) is 5.92 Å². The molecule has 1 aliphatic heterocycles. The minimum atomic E-state index is -0.715. The minimum Gasteiger partial charge on any atom is -0.349 e. The molecule has 0 bridgehead atoms. The Hall–Kier alpha value is -2.37. The maximum absolute atomic E-state index is 12.7. The number of nitrogens with one attached hydrogen (secondary N) is 2. The van der Waals surface area contributed by atoms with Gasteiger partial charge in [-0.3, -0.25) is 14.5 Å². The Morgan fingerprint density at radius 3 is 2.43 bits per heavy atom. The van der Waals surface area contributed by atoms with Gasteiger partial charge in [-0.25, -0.2) is 4.79 Å². The number of carbonyl (C=O) groups excluding carboxylic acids is 3. The first-order valence-electron chi connectivity index (χ1n) is 11.4. The molecule has 1 heterocycles. The number of hydrogen-bond acceptors (Lipinski definition) is 3. The highest BCUT2D eigenvalue weighted by Crippen LogP contribution is 2.35. The van der Waals surface area contributed by atoms with Crippen LogP contribution in [0.25, 0.3) is 0 Å². The average molecular weight is 414 g/mol. The normalized spacial score (nSPS) is 18.9. The number of hydrogen-bond donors (Lipinski definition) is 2. The van der Waals surface area contributed by atoms with E-state index in [9.17, 15) is 14.4 Å². The van der Waals surface area contributed by atoms with Crippen molar-refractivity contribution in [1.82, 2.24) is 15.5 Å². The molecule has 164 valence electrons. The molecular weight excluding hydrogens is 378 g/mol. The van der Waals surface area contributed by atoms with Crippen LogP contribution in [0.3, 0.4) is 0 Å². The number of unbranched alkanes of at least 4 members (excludes halogenated alkanes) is 1. The fourth-order valence-electron chi connectivity index (χ4n) is 4.56. The van der Waals surface area contributed by atoms with Crippen molar-refractivity contribution in [3.63, 3.8) is 0 Å². The standard InChI is InChI=1S/C24H35N3O3/c1-4-5-8-18-9-11-19(12-10-18)21(17(2)3)25-20(28)13-16-27-22(29)24(26-23(27)30)14-6-7-15-24/h9-12,17,21H,4-8,13-16H2,1-3H3,(H,25,28)(H,26,30). The summed E-state index contributed by atoms with van der Waals surface area (Å²) >= 11 is 0. The highest BCUT2D eigenvalue weighted by molar-refractivity contribution is 6.07. The first kappa shape index (κ1) is 22.3. The van der Waals surface area contributed by atoms with Crippen molar-refractivity contribution in [3.05, 3.63) is 35.4 Å². The maximum Gasteiger partial charge on any atom is 0.325 e. The van der Waals surface area contributed by atoms with Gasteiger partial charge in [0, 0.05) is 13.0 Å². The summed E-state index contributed by atoms with van der Waals surface area (Å²) in [5.74, 6) is -0.0773. The molecule has 1 atom stereocenters. The number of carbonyl (C=O) groups is 3. The number of benzene rings is 1. The summed E-state index contributed by atoms with van der Waals surface area (Å²) in [5, 5.41) is 5.96. The van der Waals surface area contributed by atoms with Gasteiger partial charge in [-0.05, 0) is 42.7 Å². The SMILES string of the molecule is CCCCc1ccc(C(NC(=O)CCN2C(=O)NC3(CCCC3)C2=O)C(C)C)cc1. The van der Waals surface area contributed by atoms with Gasteiger partial charge in [-0.1, -0.05) is 64.3 Å². The van der Waals surface area contributed by atoms with Crippen LogP contribution in [0.4, 0.5) is 4.79 Å². The second-order valence-electron chi connectivity index (χ2n) is 9.06. The van der Waals surface area contributed by atoms with Crippen LogP contribution >= 0.6 is 0 Å². The zero-order valence-corrected chi connectivity index (χ0v) is 18.5. The lowest BCUT2D eigenvalue weighted by molar-refractivity contribution is -0.131. The van der Waals surface area contributed by atoms with E-state index in [4.69, 9.17) is 0 Å². The maximum atomic E-state index is 12.7. The molecule has 0 radical (unpaired) electrons. The van der Waals surface area contributed by atoms with Crippen LogP contribution < -0.4 is 10.6 Å². The first-order chi connectivity index (χ1) is 14.4. The molecule has 6 heteroatoms. The Morgan fingerprint density at radius 2 is 1.83 bits per heavy atom. The molecule has 1 spiro atoms. The molecular formula is C24H35N3O3. The van der Waals surface area contributed by atoms with Gasteiger partial charge in [0.1, 0.15) is 5.54 Å². The molecule has 1 unspecified atom stereocenters. The Labute approximate surface area is 179 Å². The number of urea groups is 1. The molecule has 30 heavy (non-hydrogen) atoms. The van der Waals surface area contributed by atoms with E-state index in [2.05, 4.69) is 55.7 Å². The molecule has 2 N–H and O–H groups in total. The van der Waals surface area contributed by atoms with E-state index in [1.807, 2.05) is 0 Å². The molecule has 1 saturated carbocycles. The molecule has 4 amide bonds. The monoisotopic (exact) mass is 413 g/mol. The molecule has 1 aromatic rings. The third-order valence-electron chi connectivity index (χ3n) is 6.41. The number of aryl methyl sites for hydroxylation is 1. The lowest BCUT2D eigenvalue weighted by atomic mass is 9.94. The number of imide groups is 1. The van der Waals surface area contributed by atoms with Crippen LogP contribution in [0.15, 0.2) is 24.3 Å². The Morgan fingerprint density at radius 1 is 1.17 bits per heavy atom. The molecule has 2 aliphatic rings. The Kier molecular flexibility index (Phi) is 7.16. The summed E-state index contributed by atoms with van der Waals surface area (Å²) in [5.41, 5.74) is 1.68. The van der Waals surface area contributed by atoms with Crippen molar-refractivity contribution in [3.8, 4) is 0 Å². The van der Waals surface area contributed by atoms with Crippen molar-refractivity contribution in [2.75, 3.05) is 6.54 Å². The van der Waals surface area contributed by atoms with Gasteiger partial charge < -0.3 is 10.6 Å². The van der Waals surface area contributed by atoms with Crippen molar-refractivity contribution >= 4 is 17.8 Å². The second-order valence-corrected chi connectivity index (χ2v) is 9.06. The summed E-state index contributed by atoms with van der Waals surface area (Å²) < 4.78 is 0. The summed E-state index contributed by atoms with van der Waals surface area (Å²) in [4.78, 5) is 38.9. The van der Waals surface area contributed by atoms with Crippen molar-refractivity contribution < 1.29 is 14.4 Å². The minimum absolute atomic E-state index is 0.0954. The van der Waals surface area contributed by atoms with E-state index in [-0.39, 0.29) is 42.8 Å². The van der Waals surface area contributed by atoms with Gasteiger partial charge >= 0.3 is 6.03 Å². The molecule has 3 rings (SSSR count). The highest BCUT2D eigenvalue weighted by atomic mass is 16.2. The van der Waals surface area contributed by atoms with E-state index >= 15 is 0 Å². The van der Waals surface area contributed by atoms with Crippen LogP contribution in [0.1, 0.15) is 82.9 Å². The van der Waals surface area contributed by atoms with E-state index in [1.54, 1.807) is 0 Å². The van der Waals surface area contributed by atoms with E-state index in [1.165, 1.54) is 23.3 Å². The average Bonchev–Trinajstić information content (AvgIpc) is 3.28. The van der Waals surface area contributed by atoms with Crippen LogP contribution in [-0.4, -0.2) is 34.8 Å². The molecule has 1 saturated heterocycles. The van der Waals surface area contributed by atoms with Crippen molar-refractivity contribution in [2.45, 2.75) is 83.7 Å². The van der Waals surface area contributed by atoms with Crippen LogP contribution in [0.5, 0.6) is 0 Å². The summed E-state index contributed by atoms with van der Waals surface area (Å²) in [6, 6.07) is 8.01. The van der Waals surface area contributed by atoms with Crippen molar-refractivity contribution in [1.29, 1.82) is 0 Å². The zero-order valence-electron chi connectivity index (χ0n) is 18.5. The summed E-state index contributed by atoms with van der Waals surface area (Å²) in [6.45, 7) is 6.47. The van der Waals surface area contributed by atoms with Gasteiger partial charge in [0.05, 0.1) is 6.04 Å². The first-order valence-corrected chi connectivity index (χ1v) is 11.4. The largest absolute Gasteiger partial charge is 0.349 e. The third-order valence-corrected chi connectivity index (χ3v) is 6.41.